The Morgan fingerprint density at radius 3 is 2.40 bits per heavy atom. The van der Waals surface area contributed by atoms with Gasteiger partial charge < -0.3 is 10.1 Å². The number of hydrogen-bond donors (Lipinski definition) is 1. The van der Waals surface area contributed by atoms with Crippen LogP contribution in [0, 0.1) is 10.1 Å². The van der Waals surface area contributed by atoms with Gasteiger partial charge in [-0.2, -0.15) is 0 Å². The van der Waals surface area contributed by atoms with Crippen molar-refractivity contribution in [1.29, 1.82) is 0 Å². The quantitative estimate of drug-likeness (QED) is 0.0491. The molecule has 1 saturated heterocycles. The van der Waals surface area contributed by atoms with Crippen LogP contribution >= 0.6 is 57.5 Å². The summed E-state index contributed by atoms with van der Waals surface area (Å²) in [5, 5.41) is 18.8. The molecule has 2 aromatic carbocycles. The molecule has 50 heavy (non-hydrogen) atoms. The van der Waals surface area contributed by atoms with E-state index >= 15 is 0 Å². The molecule has 10 nitrogen and oxygen atoms in total. The first kappa shape index (κ1) is 33.9. The van der Waals surface area contributed by atoms with Crippen molar-refractivity contribution in [2.75, 3.05) is 5.75 Å². The highest BCUT2D eigenvalue weighted by Gasteiger charge is 2.54. The zero-order valence-electron chi connectivity index (χ0n) is 25.8. The first-order valence-corrected chi connectivity index (χ1v) is 19.6. The van der Waals surface area contributed by atoms with Crippen molar-refractivity contribution < 1.29 is 24.0 Å². The van der Waals surface area contributed by atoms with E-state index in [9.17, 15) is 29.3 Å². The van der Waals surface area contributed by atoms with E-state index in [1.54, 1.807) is 11.5 Å². The number of rotatable bonds is 11. The Morgan fingerprint density at radius 1 is 1.02 bits per heavy atom. The lowest BCUT2D eigenvalue weighted by Gasteiger charge is -2.49. The van der Waals surface area contributed by atoms with Crippen LogP contribution < -0.4 is 10.7 Å². The Balaban J connectivity index is 1.19. The fourth-order valence-electron chi connectivity index (χ4n) is 5.58. The number of allylic oxidation sites excluding steroid dienone is 1. The monoisotopic (exact) mass is 759 g/mol. The smallest absolute Gasteiger partial charge is 0.356 e. The normalized spacial score (nSPS) is 17.2. The van der Waals surface area contributed by atoms with Crippen molar-refractivity contribution in [3.63, 3.8) is 0 Å². The molecule has 1 fully saturated rings. The van der Waals surface area contributed by atoms with Crippen LogP contribution in [0.5, 0.6) is 0 Å². The van der Waals surface area contributed by atoms with Gasteiger partial charge in [0.05, 0.1) is 25.6 Å². The third-order valence-electron chi connectivity index (χ3n) is 7.90. The van der Waals surface area contributed by atoms with Crippen LogP contribution in [0.3, 0.4) is 0 Å². The van der Waals surface area contributed by atoms with E-state index in [1.165, 1.54) is 51.2 Å². The number of esters is 1. The number of benzene rings is 2. The van der Waals surface area contributed by atoms with Gasteiger partial charge in [-0.15, -0.1) is 45.8 Å². The van der Waals surface area contributed by atoms with Gasteiger partial charge in [0.1, 0.15) is 21.8 Å². The minimum absolute atomic E-state index is 0.0772. The van der Waals surface area contributed by atoms with E-state index in [0.29, 0.717) is 24.9 Å². The summed E-state index contributed by atoms with van der Waals surface area (Å²) in [6, 6.07) is 23.0. The molecule has 2 aliphatic rings. The van der Waals surface area contributed by atoms with E-state index < -0.39 is 34.3 Å². The average molecular weight is 760 g/mol. The van der Waals surface area contributed by atoms with Crippen molar-refractivity contribution in [2.24, 2.45) is 0 Å². The van der Waals surface area contributed by atoms with Gasteiger partial charge in [-0.1, -0.05) is 78.5 Å². The van der Waals surface area contributed by atoms with E-state index in [4.69, 9.17) is 4.74 Å². The predicted octanol–water partition coefficient (Wildman–Crippen LogP) is 7.13. The summed E-state index contributed by atoms with van der Waals surface area (Å²) in [6.45, 7) is 0. The van der Waals surface area contributed by atoms with Gasteiger partial charge in [0.15, 0.2) is 11.5 Å². The van der Waals surface area contributed by atoms with Crippen molar-refractivity contribution in [1.82, 2.24) is 10.2 Å². The number of β-lactam (4-membered cyclic amide) rings is 1. The third kappa shape index (κ3) is 6.91. The van der Waals surface area contributed by atoms with Gasteiger partial charge in [0, 0.05) is 16.7 Å². The molecule has 0 spiro atoms. The second-order valence-electron chi connectivity index (χ2n) is 11.1. The molecular formula is C35H25N3O7S5. The molecule has 252 valence electrons. The second-order valence-corrected chi connectivity index (χ2v) is 16.4. The maximum Gasteiger partial charge on any atom is 0.356 e. The van der Waals surface area contributed by atoms with E-state index in [2.05, 4.69) is 5.32 Å². The largest absolute Gasteiger partial charge is 0.448 e. The van der Waals surface area contributed by atoms with E-state index in [-0.39, 0.29) is 29.1 Å². The summed E-state index contributed by atoms with van der Waals surface area (Å²) < 4.78 is 7.39. The maximum absolute atomic E-state index is 14.2. The lowest BCUT2D eigenvalue weighted by atomic mass is 10.0. The Labute approximate surface area is 305 Å². The standard InChI is InChI=1S/C35H25N3O7S5/c39-25-17-27(50-31-24(38(43)44)19-48-32(25)31)47-15-13-22-18-49-34-28(36-26(40)16-23-12-7-14-46-23)33(41)37(34)29(22)35(42)45-30(20-8-3-1-4-9-20)21-10-5-2-6-11-21/h1-15,17,19,28,30,34H,16,18H2,(H,36,40)/t28?,34-/m1/s1. The third-order valence-corrected chi connectivity index (χ3v) is 13.3. The summed E-state index contributed by atoms with van der Waals surface area (Å²) >= 11 is 6.25. The van der Waals surface area contributed by atoms with E-state index in [1.807, 2.05) is 78.2 Å². The lowest BCUT2D eigenvalue weighted by molar-refractivity contribution is -0.382. The number of carbonyl (C=O) groups excluding carboxylic acids is 3. The van der Waals surface area contributed by atoms with Crippen LogP contribution in [-0.2, 0) is 25.5 Å². The highest BCUT2D eigenvalue weighted by molar-refractivity contribution is 8.04. The molecular weight excluding hydrogens is 735 g/mol. The van der Waals surface area contributed by atoms with Crippen LogP contribution in [0.4, 0.5) is 5.69 Å². The number of nitro groups is 1. The molecule has 7 rings (SSSR count). The average Bonchev–Trinajstić information content (AvgIpc) is 3.80. The van der Waals surface area contributed by atoms with Gasteiger partial charge >= 0.3 is 5.97 Å². The van der Waals surface area contributed by atoms with Crippen LogP contribution in [0.2, 0.25) is 0 Å². The Morgan fingerprint density at radius 2 is 1.74 bits per heavy atom. The molecule has 2 aliphatic heterocycles. The molecule has 5 aromatic rings. The summed E-state index contributed by atoms with van der Waals surface area (Å²) in [6.07, 6.45) is 1.09. The number of ether oxygens (including phenoxy) is 1. The van der Waals surface area contributed by atoms with Gasteiger partial charge in [-0.25, -0.2) is 4.79 Å². The first-order valence-electron chi connectivity index (χ1n) is 15.1. The van der Waals surface area contributed by atoms with Gasteiger partial charge in [-0.05, 0) is 39.6 Å². The predicted molar refractivity (Wildman–Crippen MR) is 199 cm³/mol. The number of hydrogen-bond acceptors (Lipinski definition) is 12. The SMILES string of the molecule is O=C(Cc1cccs1)NC1C(=O)N2C(C(=O)OC(c3ccccc3)c3ccccc3)=C(C=CSc3cc(=O)c4scc([N+](=O)[O-])c4s3)CS[C@H]12. The van der Waals surface area contributed by atoms with Crippen molar-refractivity contribution in [3.05, 3.63) is 149 Å². The molecule has 0 radical (unpaired) electrons. The van der Waals surface area contributed by atoms with Gasteiger partial charge in [-0.3, -0.25) is 29.4 Å². The molecule has 15 heteroatoms. The molecule has 2 amide bonds. The fourth-order valence-corrected chi connectivity index (χ4v) is 10.7. The number of nitrogens with zero attached hydrogens (tertiary/aromatic N) is 2. The van der Waals surface area contributed by atoms with Crippen LogP contribution in [0.15, 0.2) is 121 Å². The van der Waals surface area contributed by atoms with Crippen molar-refractivity contribution >= 4 is 90.4 Å². The van der Waals surface area contributed by atoms with Gasteiger partial charge in [0.2, 0.25) is 5.91 Å². The number of thioether (sulfide) groups is 2. The molecule has 1 unspecified atom stereocenters. The number of amides is 2. The summed E-state index contributed by atoms with van der Waals surface area (Å²) in [5.74, 6) is -1.07. The van der Waals surface area contributed by atoms with Crippen molar-refractivity contribution in [3.8, 4) is 0 Å². The number of carbonyl (C=O) groups is 3. The van der Waals surface area contributed by atoms with Crippen LogP contribution in [0.25, 0.3) is 9.40 Å². The topological polar surface area (TPSA) is 136 Å². The Hall–Kier alpha value is -4.54. The highest BCUT2D eigenvalue weighted by atomic mass is 32.2. The highest BCUT2D eigenvalue weighted by Crippen LogP contribution is 2.43. The minimum Gasteiger partial charge on any atom is -0.448 e. The second kappa shape index (κ2) is 14.7. The molecule has 0 bridgehead atoms. The zero-order valence-corrected chi connectivity index (χ0v) is 29.8. The van der Waals surface area contributed by atoms with Crippen LogP contribution in [-0.4, -0.2) is 44.8 Å². The zero-order chi connectivity index (χ0) is 34.8. The van der Waals surface area contributed by atoms with Crippen molar-refractivity contribution in [2.45, 2.75) is 28.1 Å². The first-order chi connectivity index (χ1) is 24.3. The summed E-state index contributed by atoms with van der Waals surface area (Å²) in [5.41, 5.74) is 1.69. The van der Waals surface area contributed by atoms with E-state index in [0.717, 1.165) is 38.7 Å². The minimum atomic E-state index is -0.806. The molecule has 0 saturated carbocycles. The van der Waals surface area contributed by atoms with Crippen LogP contribution in [0.1, 0.15) is 22.1 Å². The van der Waals surface area contributed by atoms with Gasteiger partial charge in [0.25, 0.3) is 11.6 Å². The Bertz CT molecular complexity index is 2180. The Kier molecular flexibility index (Phi) is 10.0. The fraction of sp³-hybridized carbons (Fsp3) is 0.143. The molecule has 1 N–H and O–H groups in total. The maximum atomic E-state index is 14.2. The number of fused-ring (bicyclic) bond motifs is 2. The molecule has 0 aliphatic carbocycles. The lowest BCUT2D eigenvalue weighted by Crippen LogP contribution is -2.70. The summed E-state index contributed by atoms with van der Waals surface area (Å²) in [7, 11) is 0. The molecule has 5 heterocycles. The number of nitrogens with one attached hydrogen (secondary N) is 1. The molecule has 2 atom stereocenters. The molecule has 3 aromatic heterocycles. The number of thiophene rings is 2. The summed E-state index contributed by atoms with van der Waals surface area (Å²) in [4.78, 5) is 66.7.